The molecule has 2 fully saturated rings. The van der Waals surface area contributed by atoms with E-state index in [1.807, 2.05) is 31.2 Å². The van der Waals surface area contributed by atoms with Crippen molar-refractivity contribution in [1.82, 2.24) is 4.90 Å². The van der Waals surface area contributed by atoms with Gasteiger partial charge in [0.15, 0.2) is 0 Å². The highest BCUT2D eigenvalue weighted by atomic mass is 16.5. The molecule has 0 radical (unpaired) electrons. The molecule has 1 saturated carbocycles. The predicted molar refractivity (Wildman–Crippen MR) is 110 cm³/mol. The maximum absolute atomic E-state index is 13.0. The fourth-order valence-electron chi connectivity index (χ4n) is 4.18. The van der Waals surface area contributed by atoms with Gasteiger partial charge < -0.3 is 19.5 Å². The first kappa shape index (κ1) is 21.1. The molecule has 28 heavy (non-hydrogen) atoms. The summed E-state index contributed by atoms with van der Waals surface area (Å²) in [5.41, 5.74) is 0.0857. The van der Waals surface area contributed by atoms with Crippen molar-refractivity contribution in [2.75, 3.05) is 51.4 Å². The second kappa shape index (κ2) is 10.2. The van der Waals surface area contributed by atoms with E-state index >= 15 is 0 Å². The molecule has 156 valence electrons. The fraction of sp³-hybridized carbons (Fsp3) is 0.682. The minimum atomic E-state index is -0.695. The molecule has 1 aromatic carbocycles. The lowest BCUT2D eigenvalue weighted by Gasteiger charge is -2.38. The average molecular weight is 391 g/mol. The van der Waals surface area contributed by atoms with Crippen molar-refractivity contribution in [1.29, 1.82) is 0 Å². The first-order chi connectivity index (χ1) is 13.6. The van der Waals surface area contributed by atoms with Crippen LogP contribution in [0.2, 0.25) is 0 Å². The number of carbonyl (C=O) groups excluding carboxylic acids is 1. The summed E-state index contributed by atoms with van der Waals surface area (Å²) in [5.74, 6) is 1.30. The number of hydrogen-bond acceptors (Lipinski definition) is 5. The quantitative estimate of drug-likeness (QED) is 0.738. The molecule has 0 bridgehead atoms. The normalized spacial score (nSPS) is 26.0. The van der Waals surface area contributed by atoms with E-state index in [1.54, 1.807) is 0 Å². The van der Waals surface area contributed by atoms with Crippen molar-refractivity contribution < 1.29 is 19.0 Å². The number of hydrogen-bond donors (Lipinski definition) is 1. The lowest BCUT2D eigenvalue weighted by Crippen LogP contribution is -2.48. The van der Waals surface area contributed by atoms with Crippen LogP contribution in [0.4, 0.5) is 5.69 Å². The molecular formula is C22H34N2O4. The number of rotatable bonds is 8. The Balaban J connectivity index is 1.50. The van der Waals surface area contributed by atoms with Crippen LogP contribution in [0.1, 0.15) is 39.5 Å². The Labute approximate surface area is 168 Å². The van der Waals surface area contributed by atoms with Gasteiger partial charge in [0.2, 0.25) is 0 Å². The molecule has 0 unspecified atom stereocenters. The second-order valence-corrected chi connectivity index (χ2v) is 7.91. The van der Waals surface area contributed by atoms with Gasteiger partial charge in [-0.1, -0.05) is 13.3 Å². The summed E-state index contributed by atoms with van der Waals surface area (Å²) in [4.78, 5) is 15.3. The summed E-state index contributed by atoms with van der Waals surface area (Å²) in [6.07, 6.45) is 3.78. The summed E-state index contributed by atoms with van der Waals surface area (Å²) >= 11 is 0. The zero-order valence-electron chi connectivity index (χ0n) is 17.2. The van der Waals surface area contributed by atoms with Crippen LogP contribution in [-0.2, 0) is 14.3 Å². The van der Waals surface area contributed by atoms with Crippen molar-refractivity contribution in [3.63, 3.8) is 0 Å². The third-order valence-electron chi connectivity index (χ3n) is 5.68. The molecule has 6 nitrogen and oxygen atoms in total. The second-order valence-electron chi connectivity index (χ2n) is 7.91. The Morgan fingerprint density at radius 3 is 2.71 bits per heavy atom. The van der Waals surface area contributed by atoms with Gasteiger partial charge in [0.25, 0.3) is 5.91 Å². The number of ether oxygens (including phenoxy) is 3. The largest absolute Gasteiger partial charge is 0.492 e. The molecule has 3 rings (SSSR count). The molecule has 6 heteroatoms. The van der Waals surface area contributed by atoms with Crippen molar-refractivity contribution in [2.45, 2.75) is 45.1 Å². The minimum Gasteiger partial charge on any atom is -0.492 e. The van der Waals surface area contributed by atoms with E-state index in [0.29, 0.717) is 19.1 Å². The number of amides is 1. The fourth-order valence-corrected chi connectivity index (χ4v) is 4.18. The predicted octanol–water partition coefficient (Wildman–Crippen LogP) is 3.32. The highest BCUT2D eigenvalue weighted by molar-refractivity contribution is 5.97. The van der Waals surface area contributed by atoms with Gasteiger partial charge in [-0.2, -0.15) is 0 Å². The van der Waals surface area contributed by atoms with E-state index in [0.717, 1.165) is 63.5 Å². The van der Waals surface area contributed by atoms with Crippen LogP contribution in [0.25, 0.3) is 0 Å². The van der Waals surface area contributed by atoms with E-state index in [-0.39, 0.29) is 5.91 Å². The van der Waals surface area contributed by atoms with E-state index in [9.17, 15) is 4.79 Å². The average Bonchev–Trinajstić information content (AvgIpc) is 2.70. The standard InChI is InChI=1S/C22H34N2O4/c1-3-28-22(10-4-5-18(2)17-22)21(25)23-19-6-8-20(9-7-19)27-16-13-24-11-14-26-15-12-24/h6-9,18H,3-5,10-17H2,1-2H3,(H,23,25)/t18-,22+/m1/s1. The monoisotopic (exact) mass is 390 g/mol. The molecular weight excluding hydrogens is 356 g/mol. The first-order valence-corrected chi connectivity index (χ1v) is 10.6. The van der Waals surface area contributed by atoms with Gasteiger partial charge in [0, 0.05) is 31.9 Å². The Bertz CT molecular complexity index is 611. The molecule has 1 aliphatic heterocycles. The van der Waals surface area contributed by atoms with Crippen LogP contribution in [0.5, 0.6) is 5.75 Å². The van der Waals surface area contributed by atoms with Crippen molar-refractivity contribution >= 4 is 11.6 Å². The van der Waals surface area contributed by atoms with Gasteiger partial charge >= 0.3 is 0 Å². The zero-order valence-corrected chi connectivity index (χ0v) is 17.2. The van der Waals surface area contributed by atoms with Gasteiger partial charge in [-0.05, 0) is 56.4 Å². The SMILES string of the molecule is CCO[C@@]1(C(=O)Nc2ccc(OCCN3CCOCC3)cc2)CCC[C@@H](C)C1. The van der Waals surface area contributed by atoms with Crippen LogP contribution >= 0.6 is 0 Å². The topological polar surface area (TPSA) is 60.0 Å². The Kier molecular flexibility index (Phi) is 7.71. The molecule has 0 aromatic heterocycles. The summed E-state index contributed by atoms with van der Waals surface area (Å²) in [6.45, 7) is 9.79. The molecule has 1 amide bonds. The van der Waals surface area contributed by atoms with Crippen LogP contribution in [0, 0.1) is 5.92 Å². The molecule has 2 aliphatic rings. The molecule has 1 aliphatic carbocycles. The molecule has 2 atom stereocenters. The smallest absolute Gasteiger partial charge is 0.256 e. The van der Waals surface area contributed by atoms with Crippen molar-refractivity contribution in [3.8, 4) is 5.75 Å². The number of benzene rings is 1. The van der Waals surface area contributed by atoms with Gasteiger partial charge in [-0.25, -0.2) is 0 Å². The minimum absolute atomic E-state index is 0.0260. The van der Waals surface area contributed by atoms with Crippen LogP contribution in [0.3, 0.4) is 0 Å². The summed E-state index contributed by atoms with van der Waals surface area (Å²) in [6, 6.07) is 7.61. The molecule has 1 N–H and O–H groups in total. The third-order valence-corrected chi connectivity index (χ3v) is 5.68. The molecule has 0 spiro atoms. The van der Waals surface area contributed by atoms with E-state index in [1.165, 1.54) is 6.42 Å². The summed E-state index contributed by atoms with van der Waals surface area (Å²) < 4.78 is 17.2. The van der Waals surface area contributed by atoms with Gasteiger partial charge in [-0.15, -0.1) is 0 Å². The van der Waals surface area contributed by atoms with E-state index in [4.69, 9.17) is 14.2 Å². The van der Waals surface area contributed by atoms with E-state index in [2.05, 4.69) is 17.1 Å². The number of nitrogens with zero attached hydrogens (tertiary/aromatic N) is 1. The van der Waals surface area contributed by atoms with Gasteiger partial charge in [0.05, 0.1) is 13.2 Å². The summed E-state index contributed by atoms with van der Waals surface area (Å²) in [7, 11) is 0. The highest BCUT2D eigenvalue weighted by Crippen LogP contribution is 2.36. The molecule has 1 saturated heterocycles. The molecule has 1 heterocycles. The van der Waals surface area contributed by atoms with Gasteiger partial charge in [0.1, 0.15) is 18.0 Å². The van der Waals surface area contributed by atoms with Crippen LogP contribution in [-0.4, -0.2) is 62.5 Å². The Hall–Kier alpha value is -1.63. The first-order valence-electron chi connectivity index (χ1n) is 10.6. The van der Waals surface area contributed by atoms with E-state index < -0.39 is 5.60 Å². The Morgan fingerprint density at radius 1 is 1.29 bits per heavy atom. The maximum atomic E-state index is 13.0. The lowest BCUT2D eigenvalue weighted by atomic mass is 9.78. The van der Waals surface area contributed by atoms with Crippen LogP contribution in [0.15, 0.2) is 24.3 Å². The van der Waals surface area contributed by atoms with Crippen molar-refractivity contribution in [2.24, 2.45) is 5.92 Å². The maximum Gasteiger partial charge on any atom is 0.256 e. The number of anilines is 1. The Morgan fingerprint density at radius 2 is 2.04 bits per heavy atom. The number of carbonyl (C=O) groups is 1. The zero-order chi connectivity index (χ0) is 19.8. The van der Waals surface area contributed by atoms with Crippen LogP contribution < -0.4 is 10.1 Å². The number of morpholine rings is 1. The van der Waals surface area contributed by atoms with Crippen molar-refractivity contribution in [3.05, 3.63) is 24.3 Å². The third kappa shape index (κ3) is 5.69. The summed E-state index contributed by atoms with van der Waals surface area (Å²) in [5, 5.41) is 3.05. The van der Waals surface area contributed by atoms with Gasteiger partial charge in [-0.3, -0.25) is 9.69 Å². The number of nitrogens with one attached hydrogen (secondary N) is 1. The lowest BCUT2D eigenvalue weighted by molar-refractivity contribution is -0.147. The highest BCUT2D eigenvalue weighted by Gasteiger charge is 2.42. The molecule has 1 aromatic rings.